The SMILES string of the molecule is C=C(C)C(=O)OC(OCCCCC(F)(F)C(F)(F)S(=O)(=O)O)(C(=O)NCC(C)C)C(F)(F)F. The van der Waals surface area contributed by atoms with Gasteiger partial charge in [-0.25, -0.2) is 4.79 Å². The Morgan fingerprint density at radius 2 is 1.58 bits per heavy atom. The zero-order chi connectivity index (χ0) is 26.5. The van der Waals surface area contributed by atoms with Crippen LogP contribution >= 0.6 is 0 Å². The second kappa shape index (κ2) is 11.0. The predicted molar refractivity (Wildman–Crippen MR) is 98.8 cm³/mol. The van der Waals surface area contributed by atoms with Crippen molar-refractivity contribution in [3.63, 3.8) is 0 Å². The van der Waals surface area contributed by atoms with Gasteiger partial charge >= 0.3 is 45.1 Å². The lowest BCUT2D eigenvalue weighted by Gasteiger charge is -2.33. The van der Waals surface area contributed by atoms with Gasteiger partial charge in [-0.15, -0.1) is 0 Å². The molecule has 0 aromatic heterocycles. The Morgan fingerprint density at radius 3 is 1.97 bits per heavy atom. The van der Waals surface area contributed by atoms with Crippen LogP contribution in [-0.2, 0) is 29.2 Å². The van der Waals surface area contributed by atoms with E-state index in [9.17, 15) is 48.7 Å². The van der Waals surface area contributed by atoms with Crippen molar-refractivity contribution < 1.29 is 62.8 Å². The van der Waals surface area contributed by atoms with Crippen LogP contribution < -0.4 is 5.32 Å². The van der Waals surface area contributed by atoms with E-state index in [0.717, 1.165) is 6.92 Å². The van der Waals surface area contributed by atoms with Crippen LogP contribution in [0.3, 0.4) is 0 Å². The summed E-state index contributed by atoms with van der Waals surface area (Å²) in [6, 6.07) is 0. The fourth-order valence-corrected chi connectivity index (χ4v) is 2.52. The first-order chi connectivity index (χ1) is 14.6. The Hall–Kier alpha value is -1.94. The van der Waals surface area contributed by atoms with Crippen molar-refractivity contribution in [1.29, 1.82) is 0 Å². The number of esters is 1. The molecule has 0 radical (unpaired) electrons. The molecule has 33 heavy (non-hydrogen) atoms. The fourth-order valence-electron chi connectivity index (χ4n) is 2.04. The smallest absolute Gasteiger partial charge is 0.412 e. The first-order valence-electron chi connectivity index (χ1n) is 9.23. The summed E-state index contributed by atoms with van der Waals surface area (Å²) in [5.74, 6) is -13.4. The molecule has 16 heteroatoms. The van der Waals surface area contributed by atoms with E-state index in [4.69, 9.17) is 4.55 Å². The van der Waals surface area contributed by atoms with Gasteiger partial charge in [0, 0.05) is 18.5 Å². The Bertz CT molecular complexity index is 828. The number of ether oxygens (including phenoxy) is 2. The number of hydrogen-bond donors (Lipinski definition) is 2. The summed E-state index contributed by atoms with van der Waals surface area (Å²) in [5.41, 5.74) is -0.532. The maximum absolute atomic E-state index is 13.8. The molecule has 0 fully saturated rings. The Balaban J connectivity index is 5.56. The summed E-state index contributed by atoms with van der Waals surface area (Å²) in [6.07, 6.45) is -9.36. The van der Waals surface area contributed by atoms with Gasteiger partial charge in [-0.3, -0.25) is 9.35 Å². The van der Waals surface area contributed by atoms with E-state index in [0.29, 0.717) is 0 Å². The number of halogens is 7. The zero-order valence-electron chi connectivity index (χ0n) is 17.8. The molecule has 194 valence electrons. The lowest BCUT2D eigenvalue weighted by molar-refractivity contribution is -0.347. The van der Waals surface area contributed by atoms with Gasteiger partial charge in [0.05, 0.1) is 6.61 Å². The molecule has 0 aliphatic carbocycles. The molecule has 8 nitrogen and oxygen atoms in total. The molecule has 0 spiro atoms. The highest BCUT2D eigenvalue weighted by molar-refractivity contribution is 7.87. The molecule has 0 rings (SSSR count). The molecular formula is C17H24F7NO7S. The summed E-state index contributed by atoms with van der Waals surface area (Å²) in [6.45, 7) is 5.66. The lowest BCUT2D eigenvalue weighted by Crippen LogP contribution is -2.62. The van der Waals surface area contributed by atoms with E-state index in [-0.39, 0.29) is 12.5 Å². The zero-order valence-corrected chi connectivity index (χ0v) is 18.6. The minimum Gasteiger partial charge on any atom is -0.412 e. The molecule has 0 aliphatic rings. The third-order valence-corrected chi connectivity index (χ3v) is 4.81. The third kappa shape index (κ3) is 7.81. The van der Waals surface area contributed by atoms with Gasteiger partial charge in [0.25, 0.3) is 0 Å². The summed E-state index contributed by atoms with van der Waals surface area (Å²) < 4.78 is 132. The average molecular weight is 519 g/mol. The molecule has 0 bridgehead atoms. The lowest BCUT2D eigenvalue weighted by atomic mass is 10.1. The highest BCUT2D eigenvalue weighted by atomic mass is 32.2. The minimum atomic E-state index is -6.47. The number of carbonyl (C=O) groups excluding carboxylic acids is 2. The van der Waals surface area contributed by atoms with Gasteiger partial charge < -0.3 is 14.8 Å². The molecule has 1 atom stereocenters. The van der Waals surface area contributed by atoms with E-state index >= 15 is 0 Å². The number of rotatable bonds is 13. The van der Waals surface area contributed by atoms with Gasteiger partial charge in [-0.2, -0.15) is 39.2 Å². The molecule has 0 saturated carbocycles. The van der Waals surface area contributed by atoms with Crippen LogP contribution in [0.1, 0.15) is 40.0 Å². The fraction of sp³-hybridized carbons (Fsp3) is 0.765. The van der Waals surface area contributed by atoms with Crippen LogP contribution in [-0.4, -0.2) is 61.1 Å². The van der Waals surface area contributed by atoms with Gasteiger partial charge in [0.1, 0.15) is 0 Å². The molecular weight excluding hydrogens is 495 g/mol. The first-order valence-corrected chi connectivity index (χ1v) is 10.7. The standard InChI is InChI=1S/C17H24F7NO7S/c1-10(2)9-25-13(27)15(16(20,21)22,32-12(26)11(3)4)31-8-6-5-7-14(18,19)17(23,24)33(28,29)30/h10H,3,5-9H2,1-2,4H3,(H,25,27)(H,28,29,30). The van der Waals surface area contributed by atoms with Crippen LogP contribution in [0, 0.1) is 5.92 Å². The van der Waals surface area contributed by atoms with Crippen LogP contribution in [0.4, 0.5) is 30.7 Å². The topological polar surface area (TPSA) is 119 Å². The van der Waals surface area contributed by atoms with E-state index in [2.05, 4.69) is 16.1 Å². The van der Waals surface area contributed by atoms with Crippen LogP contribution in [0.25, 0.3) is 0 Å². The Morgan fingerprint density at radius 1 is 1.06 bits per heavy atom. The van der Waals surface area contributed by atoms with E-state index < -0.39 is 76.6 Å². The Kier molecular flexibility index (Phi) is 10.3. The van der Waals surface area contributed by atoms with Crippen molar-refractivity contribution in [3.05, 3.63) is 12.2 Å². The largest absolute Gasteiger partial charge is 0.466 e. The molecule has 0 aromatic rings. The van der Waals surface area contributed by atoms with Crippen molar-refractivity contribution in [2.45, 2.75) is 63.2 Å². The maximum Gasteiger partial charge on any atom is 0.466 e. The van der Waals surface area contributed by atoms with E-state index in [1.54, 1.807) is 13.8 Å². The Labute approximate surface area is 185 Å². The number of alkyl halides is 7. The quantitative estimate of drug-likeness (QED) is 0.0956. The third-order valence-electron chi connectivity index (χ3n) is 3.87. The molecule has 0 aromatic carbocycles. The van der Waals surface area contributed by atoms with Gasteiger partial charge in [-0.1, -0.05) is 20.4 Å². The highest BCUT2D eigenvalue weighted by Crippen LogP contribution is 2.42. The molecule has 0 saturated heterocycles. The average Bonchev–Trinajstić information content (AvgIpc) is 2.62. The molecule has 1 amide bonds. The maximum atomic E-state index is 13.8. The van der Waals surface area contributed by atoms with E-state index in [1.165, 1.54) is 0 Å². The van der Waals surface area contributed by atoms with Crippen molar-refractivity contribution >= 4 is 22.0 Å². The minimum absolute atomic E-state index is 0.290. The van der Waals surface area contributed by atoms with Crippen molar-refractivity contribution in [2.24, 2.45) is 5.92 Å². The summed E-state index contributed by atoms with van der Waals surface area (Å²) in [4.78, 5) is 24.0. The van der Waals surface area contributed by atoms with Crippen molar-refractivity contribution in [3.8, 4) is 0 Å². The van der Waals surface area contributed by atoms with Gasteiger partial charge in [-0.05, 0) is 25.7 Å². The number of hydrogen-bond acceptors (Lipinski definition) is 6. The summed E-state index contributed by atoms with van der Waals surface area (Å²) in [5, 5.41) is -3.97. The number of carbonyl (C=O) groups is 2. The molecule has 0 aliphatic heterocycles. The van der Waals surface area contributed by atoms with Gasteiger partial charge in [0.2, 0.25) is 0 Å². The normalized spacial score (nSPS) is 15.2. The number of amides is 1. The number of unbranched alkanes of at least 4 members (excludes halogenated alkanes) is 1. The molecule has 2 N–H and O–H groups in total. The molecule has 0 heterocycles. The van der Waals surface area contributed by atoms with Crippen molar-refractivity contribution in [1.82, 2.24) is 5.32 Å². The summed E-state index contributed by atoms with van der Waals surface area (Å²) >= 11 is 0. The monoisotopic (exact) mass is 519 g/mol. The number of nitrogens with one attached hydrogen (secondary N) is 1. The molecule has 1 unspecified atom stereocenters. The van der Waals surface area contributed by atoms with Crippen LogP contribution in [0.15, 0.2) is 12.2 Å². The van der Waals surface area contributed by atoms with Gasteiger partial charge in [0.15, 0.2) is 0 Å². The van der Waals surface area contributed by atoms with Crippen LogP contribution in [0.2, 0.25) is 0 Å². The van der Waals surface area contributed by atoms with Crippen LogP contribution in [0.5, 0.6) is 0 Å². The second-order valence-electron chi connectivity index (χ2n) is 7.39. The predicted octanol–water partition coefficient (Wildman–Crippen LogP) is 3.44. The first kappa shape index (κ1) is 31.1. The second-order valence-corrected chi connectivity index (χ2v) is 8.85. The summed E-state index contributed by atoms with van der Waals surface area (Å²) in [7, 11) is -6.47. The van der Waals surface area contributed by atoms with E-state index in [1.807, 2.05) is 5.32 Å². The van der Waals surface area contributed by atoms with Crippen molar-refractivity contribution in [2.75, 3.05) is 13.2 Å². The highest BCUT2D eigenvalue weighted by Gasteiger charge is 2.67.